The van der Waals surface area contributed by atoms with Crippen LogP contribution < -0.4 is 10.1 Å². The van der Waals surface area contributed by atoms with Crippen LogP contribution in [0.25, 0.3) is 0 Å². The highest BCUT2D eigenvalue weighted by molar-refractivity contribution is 7.91. The number of hydrogen-bond acceptors (Lipinski definition) is 5. The van der Waals surface area contributed by atoms with E-state index in [-0.39, 0.29) is 11.3 Å². The molecule has 96 valence electrons. The molecule has 1 N–H and O–H groups in total. The van der Waals surface area contributed by atoms with Crippen molar-refractivity contribution in [1.29, 1.82) is 5.26 Å². The van der Waals surface area contributed by atoms with Crippen LogP contribution in [-0.2, 0) is 14.6 Å². The molecular weight excluding hydrogens is 256 g/mol. The van der Waals surface area contributed by atoms with Crippen molar-refractivity contribution in [3.05, 3.63) is 23.8 Å². The Bertz CT molecular complexity index is 602. The highest BCUT2D eigenvalue weighted by Crippen LogP contribution is 2.27. The third kappa shape index (κ3) is 3.75. The lowest BCUT2D eigenvalue weighted by Gasteiger charge is -2.11. The number of benzene rings is 1. The van der Waals surface area contributed by atoms with Crippen molar-refractivity contribution >= 4 is 21.4 Å². The number of rotatable bonds is 4. The number of amides is 1. The highest BCUT2D eigenvalue weighted by atomic mass is 32.2. The van der Waals surface area contributed by atoms with Gasteiger partial charge < -0.3 is 10.1 Å². The predicted octanol–water partition coefficient (Wildman–Crippen LogP) is 0.550. The van der Waals surface area contributed by atoms with Gasteiger partial charge in [-0.25, -0.2) is 8.42 Å². The van der Waals surface area contributed by atoms with Crippen LogP contribution in [-0.4, -0.2) is 33.4 Å². The van der Waals surface area contributed by atoms with Crippen LogP contribution in [0.1, 0.15) is 5.56 Å². The summed E-state index contributed by atoms with van der Waals surface area (Å²) in [6.07, 6.45) is 0.958. The van der Waals surface area contributed by atoms with Gasteiger partial charge in [0.2, 0.25) is 5.91 Å². The van der Waals surface area contributed by atoms with E-state index in [0.717, 1.165) is 6.26 Å². The van der Waals surface area contributed by atoms with E-state index in [2.05, 4.69) is 5.32 Å². The first-order valence-corrected chi connectivity index (χ1v) is 6.98. The lowest BCUT2D eigenvalue weighted by Crippen LogP contribution is -2.22. The van der Waals surface area contributed by atoms with E-state index in [1.165, 1.54) is 13.2 Å². The molecule has 0 saturated carbocycles. The summed E-state index contributed by atoms with van der Waals surface area (Å²) in [5, 5.41) is 11.3. The van der Waals surface area contributed by atoms with Gasteiger partial charge in [-0.15, -0.1) is 0 Å². The number of hydrogen-bond donors (Lipinski definition) is 1. The number of carbonyl (C=O) groups is 1. The van der Waals surface area contributed by atoms with Gasteiger partial charge in [0, 0.05) is 6.26 Å². The zero-order chi connectivity index (χ0) is 13.8. The second kappa shape index (κ2) is 5.51. The van der Waals surface area contributed by atoms with Crippen LogP contribution in [0.15, 0.2) is 18.2 Å². The van der Waals surface area contributed by atoms with Crippen molar-refractivity contribution in [3.63, 3.8) is 0 Å². The summed E-state index contributed by atoms with van der Waals surface area (Å²) in [6, 6.07) is 6.56. The van der Waals surface area contributed by atoms with Crippen LogP contribution >= 0.6 is 0 Å². The van der Waals surface area contributed by atoms with Crippen LogP contribution in [0.5, 0.6) is 5.75 Å². The normalized spacial score (nSPS) is 10.5. The van der Waals surface area contributed by atoms with Gasteiger partial charge in [0.25, 0.3) is 0 Å². The zero-order valence-electron chi connectivity index (χ0n) is 9.93. The molecule has 0 atom stereocenters. The topological polar surface area (TPSA) is 96.3 Å². The first-order chi connectivity index (χ1) is 8.37. The molecule has 0 saturated heterocycles. The fraction of sp³-hybridized carbons (Fsp3) is 0.273. The molecule has 0 aliphatic carbocycles. The van der Waals surface area contributed by atoms with Gasteiger partial charge in [0.1, 0.15) is 23.3 Å². The monoisotopic (exact) mass is 268 g/mol. The minimum atomic E-state index is -3.42. The molecule has 1 rings (SSSR count). The Hall–Kier alpha value is -2.07. The van der Waals surface area contributed by atoms with E-state index in [1.807, 2.05) is 6.07 Å². The van der Waals surface area contributed by atoms with Gasteiger partial charge in [0.05, 0.1) is 12.7 Å². The quantitative estimate of drug-likeness (QED) is 0.860. The molecule has 0 bridgehead atoms. The van der Waals surface area contributed by atoms with Gasteiger partial charge in [-0.2, -0.15) is 5.26 Å². The number of methoxy groups -OCH3 is 1. The number of nitrogens with one attached hydrogen (secondary N) is 1. The standard InChI is InChI=1S/C11H12N2O4S/c1-17-9-5-3-4-8(6-12)11(9)13-10(14)7-18(2,15)16/h3-5H,7H2,1-2H3,(H,13,14). The minimum absolute atomic E-state index is 0.177. The fourth-order valence-corrected chi connectivity index (χ4v) is 1.89. The summed E-state index contributed by atoms with van der Waals surface area (Å²) in [6.45, 7) is 0. The van der Waals surface area contributed by atoms with Crippen LogP contribution in [0, 0.1) is 11.3 Å². The molecule has 0 fully saturated rings. The van der Waals surface area contributed by atoms with Crippen molar-refractivity contribution in [3.8, 4) is 11.8 Å². The molecule has 18 heavy (non-hydrogen) atoms. The Kier molecular flexibility index (Phi) is 4.28. The molecule has 0 aromatic heterocycles. The average Bonchev–Trinajstić information content (AvgIpc) is 2.26. The van der Waals surface area contributed by atoms with Crippen molar-refractivity contribution < 1.29 is 17.9 Å². The van der Waals surface area contributed by atoms with Crippen LogP contribution in [0.4, 0.5) is 5.69 Å². The minimum Gasteiger partial charge on any atom is -0.495 e. The second-order valence-corrected chi connectivity index (χ2v) is 5.75. The SMILES string of the molecule is COc1cccc(C#N)c1NC(=O)CS(C)(=O)=O. The van der Waals surface area contributed by atoms with E-state index < -0.39 is 21.5 Å². The molecule has 1 aromatic carbocycles. The van der Waals surface area contributed by atoms with Crippen LogP contribution in [0.3, 0.4) is 0 Å². The number of carbonyl (C=O) groups excluding carboxylic acids is 1. The van der Waals surface area contributed by atoms with Crippen molar-refractivity contribution in [1.82, 2.24) is 0 Å². The molecule has 0 spiro atoms. The third-order valence-corrected chi connectivity index (χ3v) is 2.81. The third-order valence-electron chi connectivity index (χ3n) is 2.02. The first kappa shape index (κ1) is 14.0. The molecular formula is C11H12N2O4S. The number of sulfone groups is 1. The Morgan fingerprint density at radius 3 is 2.67 bits per heavy atom. The summed E-state index contributed by atoms with van der Waals surface area (Å²) >= 11 is 0. The summed E-state index contributed by atoms with van der Waals surface area (Å²) in [5.74, 6) is -1.05. The van der Waals surface area contributed by atoms with E-state index in [9.17, 15) is 13.2 Å². The maximum absolute atomic E-state index is 11.5. The van der Waals surface area contributed by atoms with Crippen molar-refractivity contribution in [2.24, 2.45) is 0 Å². The number of anilines is 1. The molecule has 1 aromatic rings. The van der Waals surface area contributed by atoms with E-state index in [1.54, 1.807) is 12.1 Å². The average molecular weight is 268 g/mol. The Morgan fingerprint density at radius 2 is 2.17 bits per heavy atom. The lowest BCUT2D eigenvalue weighted by atomic mass is 10.2. The van der Waals surface area contributed by atoms with Gasteiger partial charge >= 0.3 is 0 Å². The molecule has 6 nitrogen and oxygen atoms in total. The Morgan fingerprint density at radius 1 is 1.50 bits per heavy atom. The summed E-state index contributed by atoms with van der Waals surface area (Å²) in [5.41, 5.74) is 0.382. The highest BCUT2D eigenvalue weighted by Gasteiger charge is 2.15. The van der Waals surface area contributed by atoms with E-state index in [4.69, 9.17) is 10.00 Å². The number of nitriles is 1. The Labute approximate surface area is 105 Å². The second-order valence-electron chi connectivity index (χ2n) is 3.61. The summed E-state index contributed by atoms with van der Waals surface area (Å²) < 4.78 is 27.0. The number of ether oxygens (including phenoxy) is 1. The van der Waals surface area contributed by atoms with Crippen molar-refractivity contribution in [2.75, 3.05) is 24.4 Å². The molecule has 0 aliphatic heterocycles. The fourth-order valence-electron chi connectivity index (χ4n) is 1.34. The zero-order valence-corrected chi connectivity index (χ0v) is 10.7. The van der Waals surface area contributed by atoms with Gasteiger partial charge in [-0.1, -0.05) is 6.07 Å². The maximum atomic E-state index is 11.5. The van der Waals surface area contributed by atoms with Gasteiger partial charge in [0.15, 0.2) is 9.84 Å². The summed E-state index contributed by atoms with van der Waals surface area (Å²) in [7, 11) is -2.03. The molecule has 1 amide bonds. The van der Waals surface area contributed by atoms with E-state index in [0.29, 0.717) is 5.75 Å². The summed E-state index contributed by atoms with van der Waals surface area (Å²) in [4.78, 5) is 11.5. The molecule has 0 radical (unpaired) electrons. The molecule has 0 aliphatic rings. The number of nitrogens with zero attached hydrogens (tertiary/aromatic N) is 1. The first-order valence-electron chi connectivity index (χ1n) is 4.92. The van der Waals surface area contributed by atoms with E-state index >= 15 is 0 Å². The van der Waals surface area contributed by atoms with Gasteiger partial charge in [-0.05, 0) is 12.1 Å². The largest absolute Gasteiger partial charge is 0.495 e. The molecule has 0 unspecified atom stereocenters. The Balaban J connectivity index is 3.04. The molecule has 0 heterocycles. The number of para-hydroxylation sites is 1. The van der Waals surface area contributed by atoms with Crippen molar-refractivity contribution in [2.45, 2.75) is 0 Å². The molecule has 7 heteroatoms. The van der Waals surface area contributed by atoms with Gasteiger partial charge in [-0.3, -0.25) is 4.79 Å². The lowest BCUT2D eigenvalue weighted by molar-refractivity contribution is -0.113. The smallest absolute Gasteiger partial charge is 0.239 e. The van der Waals surface area contributed by atoms with Crippen LogP contribution in [0.2, 0.25) is 0 Å². The predicted molar refractivity (Wildman–Crippen MR) is 66.0 cm³/mol. The maximum Gasteiger partial charge on any atom is 0.239 e.